The predicted octanol–water partition coefficient (Wildman–Crippen LogP) is 2.85. The average Bonchev–Trinajstić information content (AvgIpc) is 2.86. The van der Waals surface area contributed by atoms with E-state index in [1.165, 1.54) is 0 Å². The van der Waals surface area contributed by atoms with Crippen LogP contribution in [0.15, 0.2) is 18.2 Å². The van der Waals surface area contributed by atoms with Crippen LogP contribution in [0.2, 0.25) is 0 Å². The lowest BCUT2D eigenvalue weighted by atomic mass is 9.76. The van der Waals surface area contributed by atoms with Gasteiger partial charge in [-0.3, -0.25) is 14.4 Å². The number of carbonyl (C=O) groups excluding carboxylic acids is 3. The van der Waals surface area contributed by atoms with Crippen molar-refractivity contribution >= 4 is 23.4 Å². The van der Waals surface area contributed by atoms with Crippen LogP contribution in [0.4, 0.5) is 14.5 Å². The second-order valence-corrected chi connectivity index (χ2v) is 10.2. The van der Waals surface area contributed by atoms with Crippen LogP contribution >= 0.6 is 0 Å². The molecule has 4 rings (SSSR count). The van der Waals surface area contributed by atoms with Crippen molar-refractivity contribution in [1.82, 2.24) is 15.5 Å². The molecule has 0 radical (unpaired) electrons. The van der Waals surface area contributed by atoms with Crippen LogP contribution in [0.5, 0.6) is 0 Å². The van der Waals surface area contributed by atoms with E-state index in [9.17, 15) is 28.4 Å². The lowest BCUT2D eigenvalue weighted by Gasteiger charge is -2.48. The highest BCUT2D eigenvalue weighted by Gasteiger charge is 2.45. The number of likely N-dealkylation sites (tertiary alicyclic amines) is 1. The molecule has 36 heavy (non-hydrogen) atoms. The fourth-order valence-electron chi connectivity index (χ4n) is 5.86. The Hall–Kier alpha value is -3.22. The summed E-state index contributed by atoms with van der Waals surface area (Å²) >= 11 is 0. The first-order chi connectivity index (χ1) is 17.3. The van der Waals surface area contributed by atoms with Gasteiger partial charge in [0.2, 0.25) is 17.7 Å². The van der Waals surface area contributed by atoms with Gasteiger partial charge < -0.3 is 20.9 Å². The predicted molar refractivity (Wildman–Crippen MR) is 128 cm³/mol. The zero-order valence-electron chi connectivity index (χ0n) is 20.4. The smallest absolute Gasteiger partial charge is 0.245 e. The standard InChI is InChI=1S/C26H33F2N5O3/c1-15(31-22-13-18(27)7-8-21(22)28)26(36)33-20-6-2-4-16(10-20)11-23(33)25(35)32-19(14-29)12-17-5-3-9-30-24(17)34/h7-8,13,15-17,19-20,23,31H,2-6,9-12H2,1H3,(H,30,34)(H,32,35)/t15-,16?,17+,19+,20?,23+/m1/s1. The van der Waals surface area contributed by atoms with Crippen molar-refractivity contribution < 1.29 is 23.2 Å². The number of nitriles is 1. The van der Waals surface area contributed by atoms with Crippen molar-refractivity contribution in [2.45, 2.75) is 82.5 Å². The Morgan fingerprint density at radius 1 is 1.22 bits per heavy atom. The van der Waals surface area contributed by atoms with Crippen LogP contribution in [0, 0.1) is 34.8 Å². The molecule has 3 amide bonds. The highest BCUT2D eigenvalue weighted by molar-refractivity contribution is 5.91. The summed E-state index contributed by atoms with van der Waals surface area (Å²) in [7, 11) is 0. The molecule has 3 N–H and O–H groups in total. The number of anilines is 1. The molecule has 2 heterocycles. The van der Waals surface area contributed by atoms with Gasteiger partial charge in [-0.1, -0.05) is 12.8 Å². The topological polar surface area (TPSA) is 114 Å². The number of fused-ring (bicyclic) bond motifs is 2. The first kappa shape index (κ1) is 25.9. The molecule has 8 nitrogen and oxygen atoms in total. The number of nitrogens with one attached hydrogen (secondary N) is 3. The van der Waals surface area contributed by atoms with Crippen molar-refractivity contribution in [2.24, 2.45) is 11.8 Å². The van der Waals surface area contributed by atoms with E-state index in [2.05, 4.69) is 22.0 Å². The monoisotopic (exact) mass is 501 g/mol. The van der Waals surface area contributed by atoms with E-state index in [0.29, 0.717) is 25.3 Å². The van der Waals surface area contributed by atoms with Gasteiger partial charge in [0.25, 0.3) is 0 Å². The summed E-state index contributed by atoms with van der Waals surface area (Å²) in [6, 6.07) is 2.45. The lowest BCUT2D eigenvalue weighted by Crippen LogP contribution is -2.62. The molecule has 2 aliphatic heterocycles. The molecular formula is C26H33F2N5O3. The van der Waals surface area contributed by atoms with Gasteiger partial charge in [0.1, 0.15) is 29.8 Å². The van der Waals surface area contributed by atoms with Gasteiger partial charge in [0.05, 0.1) is 11.8 Å². The number of nitrogens with zero attached hydrogens (tertiary/aromatic N) is 2. The van der Waals surface area contributed by atoms with Crippen molar-refractivity contribution in [3.05, 3.63) is 29.8 Å². The van der Waals surface area contributed by atoms with Crippen LogP contribution in [0.3, 0.4) is 0 Å². The van der Waals surface area contributed by atoms with Gasteiger partial charge in [0, 0.05) is 18.5 Å². The third kappa shape index (κ3) is 5.77. The fourth-order valence-corrected chi connectivity index (χ4v) is 5.86. The van der Waals surface area contributed by atoms with Crippen molar-refractivity contribution in [1.29, 1.82) is 5.26 Å². The van der Waals surface area contributed by atoms with Gasteiger partial charge >= 0.3 is 0 Å². The van der Waals surface area contributed by atoms with Crippen LogP contribution in [0.1, 0.15) is 58.3 Å². The molecule has 10 heteroatoms. The van der Waals surface area contributed by atoms with E-state index in [1.54, 1.807) is 11.8 Å². The van der Waals surface area contributed by atoms with E-state index < -0.39 is 35.7 Å². The second kappa shape index (κ2) is 11.2. The molecule has 1 aromatic carbocycles. The van der Waals surface area contributed by atoms with E-state index >= 15 is 0 Å². The second-order valence-electron chi connectivity index (χ2n) is 10.2. The highest BCUT2D eigenvalue weighted by atomic mass is 19.1. The number of carbonyl (C=O) groups is 3. The quantitative estimate of drug-likeness (QED) is 0.532. The first-order valence-corrected chi connectivity index (χ1v) is 12.8. The molecule has 3 fully saturated rings. The Morgan fingerprint density at radius 2 is 2.03 bits per heavy atom. The van der Waals surface area contributed by atoms with Crippen molar-refractivity contribution in [3.8, 4) is 6.07 Å². The minimum absolute atomic E-state index is 0.107. The molecule has 1 saturated carbocycles. The molecule has 2 unspecified atom stereocenters. The number of hydrogen-bond donors (Lipinski definition) is 3. The fraction of sp³-hybridized carbons (Fsp3) is 0.615. The van der Waals surface area contributed by atoms with Crippen LogP contribution in [-0.4, -0.2) is 53.3 Å². The number of benzene rings is 1. The maximum absolute atomic E-state index is 14.2. The third-order valence-electron chi connectivity index (χ3n) is 7.66. The number of piperidine rings is 2. The maximum Gasteiger partial charge on any atom is 0.245 e. The largest absolute Gasteiger partial charge is 0.371 e. The molecule has 1 aliphatic carbocycles. The molecule has 2 bridgehead atoms. The Balaban J connectivity index is 1.49. The van der Waals surface area contributed by atoms with Gasteiger partial charge in [-0.25, -0.2) is 8.78 Å². The Labute approximate surface area is 209 Å². The summed E-state index contributed by atoms with van der Waals surface area (Å²) < 4.78 is 27.8. The number of hydrogen-bond acceptors (Lipinski definition) is 5. The lowest BCUT2D eigenvalue weighted by molar-refractivity contribution is -0.149. The SMILES string of the molecule is C[C@@H](Nc1cc(F)ccc1F)C(=O)N1C2CCCC(C2)C[C@H]1C(=O)N[C@H](C#N)C[C@@H]1CCCNC1=O. The summed E-state index contributed by atoms with van der Waals surface area (Å²) in [5, 5.41) is 18.0. The number of amides is 3. The van der Waals surface area contributed by atoms with Gasteiger partial charge in [-0.05, 0) is 69.6 Å². The van der Waals surface area contributed by atoms with E-state index in [-0.39, 0.29) is 35.9 Å². The number of rotatable bonds is 7. The summed E-state index contributed by atoms with van der Waals surface area (Å²) in [5.41, 5.74) is -0.120. The summed E-state index contributed by atoms with van der Waals surface area (Å²) in [6.07, 6.45) is 5.68. The van der Waals surface area contributed by atoms with Gasteiger partial charge in [-0.15, -0.1) is 0 Å². The average molecular weight is 502 g/mol. The zero-order valence-corrected chi connectivity index (χ0v) is 20.4. The summed E-state index contributed by atoms with van der Waals surface area (Å²) in [5.74, 6) is -2.22. The molecule has 6 atom stereocenters. The Morgan fingerprint density at radius 3 is 2.78 bits per heavy atom. The summed E-state index contributed by atoms with van der Waals surface area (Å²) in [6.45, 7) is 2.18. The summed E-state index contributed by atoms with van der Waals surface area (Å²) in [4.78, 5) is 40.7. The highest BCUT2D eigenvalue weighted by Crippen LogP contribution is 2.38. The molecule has 0 aromatic heterocycles. The first-order valence-electron chi connectivity index (χ1n) is 12.8. The van der Waals surface area contributed by atoms with Crippen LogP contribution in [0.25, 0.3) is 0 Å². The molecule has 0 spiro atoms. The molecular weight excluding hydrogens is 468 g/mol. The molecule has 194 valence electrons. The van der Waals surface area contributed by atoms with Crippen molar-refractivity contribution in [2.75, 3.05) is 11.9 Å². The van der Waals surface area contributed by atoms with Gasteiger partial charge in [0.15, 0.2) is 0 Å². The van der Waals surface area contributed by atoms with E-state index in [0.717, 1.165) is 50.3 Å². The minimum Gasteiger partial charge on any atom is -0.371 e. The van der Waals surface area contributed by atoms with Crippen LogP contribution < -0.4 is 16.0 Å². The Bertz CT molecular complexity index is 1040. The molecule has 3 aliphatic rings. The van der Waals surface area contributed by atoms with Crippen molar-refractivity contribution in [3.63, 3.8) is 0 Å². The molecule has 1 aromatic rings. The normalized spacial score (nSPS) is 27.3. The Kier molecular flexibility index (Phi) is 8.07. The van der Waals surface area contributed by atoms with E-state index in [4.69, 9.17) is 0 Å². The number of halogens is 2. The molecule has 2 saturated heterocycles. The minimum atomic E-state index is -0.896. The van der Waals surface area contributed by atoms with Crippen LogP contribution in [-0.2, 0) is 14.4 Å². The van der Waals surface area contributed by atoms with Gasteiger partial charge in [-0.2, -0.15) is 5.26 Å². The maximum atomic E-state index is 14.2. The van der Waals surface area contributed by atoms with E-state index in [1.807, 2.05) is 0 Å². The third-order valence-corrected chi connectivity index (χ3v) is 7.66. The zero-order chi connectivity index (χ0) is 25.8.